The van der Waals surface area contributed by atoms with Crippen molar-refractivity contribution in [3.8, 4) is 5.75 Å². The van der Waals surface area contributed by atoms with E-state index in [0.717, 1.165) is 33.1 Å². The molecule has 0 fully saturated rings. The number of methoxy groups -OCH3 is 1. The summed E-state index contributed by atoms with van der Waals surface area (Å²) in [5.41, 5.74) is 2.21. The van der Waals surface area contributed by atoms with Crippen molar-refractivity contribution < 1.29 is 9.53 Å². The molecular formula is C13H15BrN2O2. The number of ether oxygens (including phenoxy) is 1. The van der Waals surface area contributed by atoms with Gasteiger partial charge in [0.25, 0.3) is 0 Å². The van der Waals surface area contributed by atoms with Crippen molar-refractivity contribution in [2.45, 2.75) is 13.3 Å². The molecule has 0 atom stereocenters. The predicted octanol–water partition coefficient (Wildman–Crippen LogP) is 2.62. The van der Waals surface area contributed by atoms with Gasteiger partial charge in [-0.05, 0) is 40.0 Å². The molecule has 1 aromatic carbocycles. The average Bonchev–Trinajstić information content (AvgIpc) is 2.73. The lowest BCUT2D eigenvalue weighted by atomic mass is 10.1. The van der Waals surface area contributed by atoms with Crippen molar-refractivity contribution in [3.05, 3.63) is 28.4 Å². The molecule has 0 aliphatic heterocycles. The smallest absolute Gasteiger partial charge is 0.216 e. The summed E-state index contributed by atoms with van der Waals surface area (Å²) in [6, 6.07) is 3.90. The van der Waals surface area contributed by atoms with Crippen LogP contribution in [0.3, 0.4) is 0 Å². The number of halogens is 1. The molecule has 1 heterocycles. The molecule has 0 saturated heterocycles. The molecular weight excluding hydrogens is 296 g/mol. The van der Waals surface area contributed by atoms with Gasteiger partial charge in [-0.1, -0.05) is 0 Å². The highest BCUT2D eigenvalue weighted by Crippen LogP contribution is 2.34. The third-order valence-electron chi connectivity index (χ3n) is 2.82. The number of amides is 1. The number of rotatable bonds is 4. The van der Waals surface area contributed by atoms with E-state index in [4.69, 9.17) is 4.74 Å². The van der Waals surface area contributed by atoms with Gasteiger partial charge in [0.05, 0.1) is 11.6 Å². The van der Waals surface area contributed by atoms with Crippen LogP contribution in [0.15, 0.2) is 22.8 Å². The fourth-order valence-electron chi connectivity index (χ4n) is 1.96. The van der Waals surface area contributed by atoms with E-state index in [-0.39, 0.29) is 5.91 Å². The molecule has 0 aliphatic rings. The molecule has 1 aromatic heterocycles. The predicted molar refractivity (Wildman–Crippen MR) is 74.9 cm³/mol. The monoisotopic (exact) mass is 310 g/mol. The van der Waals surface area contributed by atoms with Crippen molar-refractivity contribution in [3.63, 3.8) is 0 Å². The van der Waals surface area contributed by atoms with Gasteiger partial charge in [-0.2, -0.15) is 0 Å². The Balaban J connectivity index is 2.30. The largest absolute Gasteiger partial charge is 0.496 e. The summed E-state index contributed by atoms with van der Waals surface area (Å²) in [4.78, 5) is 14.1. The summed E-state index contributed by atoms with van der Waals surface area (Å²) in [5.74, 6) is 0.800. The molecule has 96 valence electrons. The number of hydrogen-bond acceptors (Lipinski definition) is 2. The summed E-state index contributed by atoms with van der Waals surface area (Å²) in [6.45, 7) is 2.15. The highest BCUT2D eigenvalue weighted by Gasteiger charge is 2.11. The molecule has 0 bridgehead atoms. The third-order valence-corrected chi connectivity index (χ3v) is 3.61. The molecule has 0 aliphatic carbocycles. The molecule has 0 saturated carbocycles. The van der Waals surface area contributed by atoms with Gasteiger partial charge in [0.1, 0.15) is 5.75 Å². The SMILES string of the molecule is COc1ccc2[nH]cc(CCNC(C)=O)c2c1Br. The number of benzene rings is 1. The summed E-state index contributed by atoms with van der Waals surface area (Å²) >= 11 is 3.56. The first kappa shape index (κ1) is 13.0. The standard InChI is InChI=1S/C13H15BrN2O2/c1-8(17)15-6-5-9-7-16-10-3-4-11(18-2)13(14)12(9)10/h3-4,7,16H,5-6H2,1-2H3,(H,15,17). The normalized spacial score (nSPS) is 10.6. The molecule has 18 heavy (non-hydrogen) atoms. The number of hydrogen-bond donors (Lipinski definition) is 2. The van der Waals surface area contributed by atoms with Crippen LogP contribution in [0.2, 0.25) is 0 Å². The van der Waals surface area contributed by atoms with Crippen molar-refractivity contribution in [2.24, 2.45) is 0 Å². The summed E-state index contributed by atoms with van der Waals surface area (Å²) in [7, 11) is 1.65. The van der Waals surface area contributed by atoms with Crippen LogP contribution in [0.4, 0.5) is 0 Å². The maximum Gasteiger partial charge on any atom is 0.216 e. The molecule has 2 rings (SSSR count). The van der Waals surface area contributed by atoms with Crippen LogP contribution in [0, 0.1) is 0 Å². The second-order valence-electron chi connectivity index (χ2n) is 4.05. The van der Waals surface area contributed by atoms with E-state index < -0.39 is 0 Å². The molecule has 0 radical (unpaired) electrons. The Hall–Kier alpha value is -1.49. The fourth-order valence-corrected chi connectivity index (χ4v) is 2.72. The number of aromatic amines is 1. The average molecular weight is 311 g/mol. The van der Waals surface area contributed by atoms with Crippen molar-refractivity contribution in [1.82, 2.24) is 10.3 Å². The fraction of sp³-hybridized carbons (Fsp3) is 0.308. The number of nitrogens with one attached hydrogen (secondary N) is 2. The first-order chi connectivity index (χ1) is 8.63. The zero-order chi connectivity index (χ0) is 13.1. The summed E-state index contributed by atoms with van der Waals surface area (Å²) in [6.07, 6.45) is 2.75. The quantitative estimate of drug-likeness (QED) is 0.912. The maximum atomic E-state index is 10.9. The number of aromatic nitrogens is 1. The maximum absolute atomic E-state index is 10.9. The van der Waals surface area contributed by atoms with Gasteiger partial charge >= 0.3 is 0 Å². The second kappa shape index (κ2) is 5.44. The molecule has 1 amide bonds. The molecule has 2 aromatic rings. The van der Waals surface area contributed by atoms with Crippen LogP contribution >= 0.6 is 15.9 Å². The van der Waals surface area contributed by atoms with Crippen LogP contribution in [0.1, 0.15) is 12.5 Å². The number of carbonyl (C=O) groups is 1. The van der Waals surface area contributed by atoms with Crippen molar-refractivity contribution in [1.29, 1.82) is 0 Å². The van der Waals surface area contributed by atoms with Gasteiger partial charge in [-0.3, -0.25) is 4.79 Å². The Bertz CT molecular complexity index is 578. The molecule has 4 nitrogen and oxygen atoms in total. The van der Waals surface area contributed by atoms with Gasteiger partial charge in [0.15, 0.2) is 0 Å². The molecule has 5 heteroatoms. The van der Waals surface area contributed by atoms with Crippen LogP contribution in [0.25, 0.3) is 10.9 Å². The van der Waals surface area contributed by atoms with E-state index >= 15 is 0 Å². The van der Waals surface area contributed by atoms with Gasteiger partial charge in [-0.25, -0.2) is 0 Å². The van der Waals surface area contributed by atoms with E-state index in [1.165, 1.54) is 6.92 Å². The van der Waals surface area contributed by atoms with Crippen LogP contribution in [-0.2, 0) is 11.2 Å². The van der Waals surface area contributed by atoms with E-state index in [2.05, 4.69) is 26.2 Å². The van der Waals surface area contributed by atoms with Gasteiger partial charge in [0, 0.05) is 30.6 Å². The highest BCUT2D eigenvalue weighted by molar-refractivity contribution is 9.10. The molecule has 0 spiro atoms. The van der Waals surface area contributed by atoms with Crippen molar-refractivity contribution >= 4 is 32.7 Å². The number of carbonyl (C=O) groups excluding carboxylic acids is 1. The zero-order valence-corrected chi connectivity index (χ0v) is 11.9. The second-order valence-corrected chi connectivity index (χ2v) is 4.84. The lowest BCUT2D eigenvalue weighted by Gasteiger charge is -2.06. The first-order valence-corrected chi connectivity index (χ1v) is 6.49. The Kier molecular flexibility index (Phi) is 3.91. The topological polar surface area (TPSA) is 54.1 Å². The Morgan fingerprint density at radius 3 is 2.94 bits per heavy atom. The molecule has 2 N–H and O–H groups in total. The highest BCUT2D eigenvalue weighted by atomic mass is 79.9. The lowest BCUT2D eigenvalue weighted by molar-refractivity contribution is -0.118. The van der Waals surface area contributed by atoms with Gasteiger partial charge in [-0.15, -0.1) is 0 Å². The zero-order valence-electron chi connectivity index (χ0n) is 10.3. The Labute approximate surface area is 114 Å². The van der Waals surface area contributed by atoms with Gasteiger partial charge < -0.3 is 15.0 Å². The minimum atomic E-state index is -0.00788. The summed E-state index contributed by atoms with van der Waals surface area (Å²) in [5, 5.41) is 3.91. The van der Waals surface area contributed by atoms with E-state index in [1.807, 2.05) is 18.3 Å². The van der Waals surface area contributed by atoms with Crippen LogP contribution < -0.4 is 10.1 Å². The van der Waals surface area contributed by atoms with E-state index in [0.29, 0.717) is 6.54 Å². The Morgan fingerprint density at radius 1 is 1.50 bits per heavy atom. The minimum absolute atomic E-state index is 0.00788. The van der Waals surface area contributed by atoms with Crippen molar-refractivity contribution in [2.75, 3.05) is 13.7 Å². The van der Waals surface area contributed by atoms with Crippen LogP contribution in [0.5, 0.6) is 5.75 Å². The van der Waals surface area contributed by atoms with E-state index in [1.54, 1.807) is 7.11 Å². The number of fused-ring (bicyclic) bond motifs is 1. The minimum Gasteiger partial charge on any atom is -0.496 e. The molecule has 0 unspecified atom stereocenters. The van der Waals surface area contributed by atoms with E-state index in [9.17, 15) is 4.79 Å². The summed E-state index contributed by atoms with van der Waals surface area (Å²) < 4.78 is 6.24. The third kappa shape index (κ3) is 2.51. The first-order valence-electron chi connectivity index (χ1n) is 5.70. The lowest BCUT2D eigenvalue weighted by Crippen LogP contribution is -2.22. The number of H-pyrrole nitrogens is 1. The Morgan fingerprint density at radius 2 is 2.28 bits per heavy atom. The van der Waals surface area contributed by atoms with Crippen LogP contribution in [-0.4, -0.2) is 24.5 Å². The van der Waals surface area contributed by atoms with Gasteiger partial charge in [0.2, 0.25) is 5.91 Å².